The number of hydrogen-bond acceptors (Lipinski definition) is 3. The molecule has 0 spiro atoms. The van der Waals surface area contributed by atoms with Crippen molar-refractivity contribution in [3.8, 4) is 0 Å². The minimum absolute atomic E-state index is 0.527. The number of rotatable bonds is 8. The quantitative estimate of drug-likeness (QED) is 0.639. The maximum absolute atomic E-state index is 11.6. The molecular weight excluding hydrogens is 338 g/mol. The molecule has 0 saturated heterocycles. The Kier molecular flexibility index (Phi) is 6.36. The lowest BCUT2D eigenvalue weighted by Crippen LogP contribution is -2.40. The second-order valence-corrected chi connectivity index (χ2v) is 6.51. The van der Waals surface area contributed by atoms with Crippen LogP contribution in [0.25, 0.3) is 0 Å². The van der Waals surface area contributed by atoms with E-state index in [2.05, 4.69) is 0 Å². The van der Waals surface area contributed by atoms with Gasteiger partial charge in [0.1, 0.15) is 0 Å². The van der Waals surface area contributed by atoms with E-state index >= 15 is 0 Å². The van der Waals surface area contributed by atoms with Crippen LogP contribution in [-0.4, -0.2) is 27.2 Å². The van der Waals surface area contributed by atoms with Crippen LogP contribution < -0.4 is 0 Å². The van der Waals surface area contributed by atoms with Crippen molar-refractivity contribution < 1.29 is 15.0 Å². The summed E-state index contributed by atoms with van der Waals surface area (Å²) in [6.07, 6.45) is -1.53. The summed E-state index contributed by atoms with van der Waals surface area (Å²) in [5.41, 5.74) is 2.90. The van der Waals surface area contributed by atoms with Gasteiger partial charge in [-0.3, -0.25) is 4.90 Å². The van der Waals surface area contributed by atoms with Crippen molar-refractivity contribution in [1.29, 1.82) is 0 Å². The van der Waals surface area contributed by atoms with Gasteiger partial charge in [0.25, 0.3) is 0 Å². The van der Waals surface area contributed by atoms with Crippen molar-refractivity contribution in [3.05, 3.63) is 108 Å². The normalized spacial score (nSPS) is 13.3. The Bertz CT molecular complexity index is 796. The molecule has 2 atom stereocenters. The van der Waals surface area contributed by atoms with Gasteiger partial charge in [-0.2, -0.15) is 0 Å². The van der Waals surface area contributed by atoms with Crippen molar-refractivity contribution >= 4 is 5.97 Å². The monoisotopic (exact) mass is 361 g/mol. The third-order valence-corrected chi connectivity index (χ3v) is 4.54. The highest BCUT2D eigenvalue weighted by Crippen LogP contribution is 2.28. The second-order valence-electron chi connectivity index (χ2n) is 6.51. The zero-order chi connectivity index (χ0) is 19.1. The average molecular weight is 361 g/mol. The first kappa shape index (κ1) is 18.8. The zero-order valence-corrected chi connectivity index (χ0v) is 15.0. The summed E-state index contributed by atoms with van der Waals surface area (Å²) in [7, 11) is 0. The third kappa shape index (κ3) is 5.03. The number of aliphatic hydroxyl groups is 1. The standard InChI is InChI=1S/C23H23NO3/c25-22(23(26)27)21(20-14-8-3-9-15-20)24(16-18-10-4-1-5-11-18)17-19-12-6-2-7-13-19/h1-15,21-22,25H,16-17H2,(H,26,27)/t21-,22+/m1/s1. The first-order chi connectivity index (χ1) is 13.1. The van der Waals surface area contributed by atoms with Gasteiger partial charge in [-0.1, -0.05) is 91.0 Å². The average Bonchev–Trinajstić information content (AvgIpc) is 2.70. The first-order valence-corrected chi connectivity index (χ1v) is 8.93. The van der Waals surface area contributed by atoms with E-state index in [4.69, 9.17) is 0 Å². The van der Waals surface area contributed by atoms with Crippen molar-refractivity contribution in [3.63, 3.8) is 0 Å². The summed E-state index contributed by atoms with van der Waals surface area (Å²) < 4.78 is 0. The lowest BCUT2D eigenvalue weighted by atomic mass is 9.98. The molecule has 0 saturated carbocycles. The Balaban J connectivity index is 1.99. The number of aliphatic carboxylic acids is 1. The molecule has 4 nitrogen and oxygen atoms in total. The Morgan fingerprint density at radius 3 is 1.56 bits per heavy atom. The van der Waals surface area contributed by atoms with Gasteiger partial charge in [0.05, 0.1) is 6.04 Å². The summed E-state index contributed by atoms with van der Waals surface area (Å²) in [5, 5.41) is 20.0. The lowest BCUT2D eigenvalue weighted by Gasteiger charge is -2.34. The predicted molar refractivity (Wildman–Crippen MR) is 105 cm³/mol. The summed E-state index contributed by atoms with van der Waals surface area (Å²) in [6, 6.07) is 28.4. The minimum atomic E-state index is -1.53. The fraction of sp³-hybridized carbons (Fsp3) is 0.174. The molecule has 0 aliphatic carbocycles. The summed E-state index contributed by atoms with van der Waals surface area (Å²) in [5.74, 6) is -1.23. The summed E-state index contributed by atoms with van der Waals surface area (Å²) >= 11 is 0. The van der Waals surface area contributed by atoms with E-state index in [1.807, 2.05) is 95.9 Å². The Labute approximate surface area is 159 Å². The maximum Gasteiger partial charge on any atom is 0.334 e. The molecule has 0 amide bonds. The van der Waals surface area contributed by atoms with Crippen LogP contribution in [0.3, 0.4) is 0 Å². The van der Waals surface area contributed by atoms with Crippen LogP contribution in [0, 0.1) is 0 Å². The molecule has 0 fully saturated rings. The van der Waals surface area contributed by atoms with Crippen LogP contribution >= 0.6 is 0 Å². The van der Waals surface area contributed by atoms with Crippen LogP contribution in [0.4, 0.5) is 0 Å². The van der Waals surface area contributed by atoms with E-state index in [-0.39, 0.29) is 0 Å². The number of carboxylic acid groups (broad SMARTS) is 1. The zero-order valence-electron chi connectivity index (χ0n) is 15.0. The molecule has 4 heteroatoms. The maximum atomic E-state index is 11.6. The van der Waals surface area contributed by atoms with Gasteiger partial charge >= 0.3 is 5.97 Å². The minimum Gasteiger partial charge on any atom is -0.479 e. The number of aliphatic hydroxyl groups excluding tert-OH is 1. The largest absolute Gasteiger partial charge is 0.479 e. The van der Waals surface area contributed by atoms with Crippen LogP contribution in [0.5, 0.6) is 0 Å². The summed E-state index contributed by atoms with van der Waals surface area (Å²) in [6.45, 7) is 1.05. The van der Waals surface area contributed by atoms with Crippen molar-refractivity contribution in [2.45, 2.75) is 25.2 Å². The molecular formula is C23H23NO3. The van der Waals surface area contributed by atoms with Gasteiger partial charge in [0.2, 0.25) is 0 Å². The third-order valence-electron chi connectivity index (χ3n) is 4.54. The van der Waals surface area contributed by atoms with Crippen LogP contribution in [-0.2, 0) is 17.9 Å². The smallest absolute Gasteiger partial charge is 0.334 e. The van der Waals surface area contributed by atoms with E-state index in [0.29, 0.717) is 13.1 Å². The van der Waals surface area contributed by atoms with Crippen LogP contribution in [0.15, 0.2) is 91.0 Å². The molecule has 138 valence electrons. The molecule has 0 bridgehead atoms. The Morgan fingerprint density at radius 2 is 1.15 bits per heavy atom. The fourth-order valence-corrected chi connectivity index (χ4v) is 3.27. The van der Waals surface area contributed by atoms with E-state index in [0.717, 1.165) is 16.7 Å². The SMILES string of the molecule is O=C(O)[C@@H](O)[C@@H](c1ccccc1)N(Cc1ccccc1)Cc1ccccc1. The van der Waals surface area contributed by atoms with Crippen molar-refractivity contribution in [1.82, 2.24) is 4.90 Å². The fourth-order valence-electron chi connectivity index (χ4n) is 3.27. The highest BCUT2D eigenvalue weighted by atomic mass is 16.4. The van der Waals surface area contributed by atoms with E-state index < -0.39 is 18.1 Å². The predicted octanol–water partition coefficient (Wildman–Crippen LogP) is 3.88. The first-order valence-electron chi connectivity index (χ1n) is 8.93. The number of carbonyl (C=O) groups is 1. The van der Waals surface area contributed by atoms with E-state index in [1.54, 1.807) is 0 Å². The highest BCUT2D eigenvalue weighted by Gasteiger charge is 2.32. The molecule has 0 heterocycles. The molecule has 2 N–H and O–H groups in total. The molecule has 3 rings (SSSR count). The molecule has 3 aromatic rings. The lowest BCUT2D eigenvalue weighted by molar-refractivity contribution is -0.151. The molecule has 27 heavy (non-hydrogen) atoms. The molecule has 0 aliphatic rings. The van der Waals surface area contributed by atoms with Gasteiger partial charge in [0, 0.05) is 13.1 Å². The Morgan fingerprint density at radius 1 is 0.741 bits per heavy atom. The molecule has 0 aromatic heterocycles. The summed E-state index contributed by atoms with van der Waals surface area (Å²) in [4.78, 5) is 13.7. The number of nitrogens with zero attached hydrogens (tertiary/aromatic N) is 1. The van der Waals surface area contributed by atoms with Crippen LogP contribution in [0.2, 0.25) is 0 Å². The van der Waals surface area contributed by atoms with Gasteiger partial charge in [-0.05, 0) is 16.7 Å². The van der Waals surface area contributed by atoms with Crippen molar-refractivity contribution in [2.24, 2.45) is 0 Å². The van der Waals surface area contributed by atoms with Gasteiger partial charge in [-0.15, -0.1) is 0 Å². The Hall–Kier alpha value is -2.95. The second kappa shape index (κ2) is 9.12. The van der Waals surface area contributed by atoms with E-state index in [1.165, 1.54) is 0 Å². The molecule has 0 unspecified atom stereocenters. The number of carboxylic acids is 1. The number of hydrogen-bond donors (Lipinski definition) is 2. The van der Waals surface area contributed by atoms with Gasteiger partial charge < -0.3 is 10.2 Å². The van der Waals surface area contributed by atoms with E-state index in [9.17, 15) is 15.0 Å². The topological polar surface area (TPSA) is 60.8 Å². The molecule has 0 aliphatic heterocycles. The van der Waals surface area contributed by atoms with Crippen molar-refractivity contribution in [2.75, 3.05) is 0 Å². The van der Waals surface area contributed by atoms with Crippen LogP contribution in [0.1, 0.15) is 22.7 Å². The van der Waals surface area contributed by atoms with Gasteiger partial charge in [-0.25, -0.2) is 4.79 Å². The van der Waals surface area contributed by atoms with Gasteiger partial charge in [0.15, 0.2) is 6.10 Å². The molecule has 0 radical (unpaired) electrons. The molecule has 3 aromatic carbocycles. The number of benzene rings is 3. The highest BCUT2D eigenvalue weighted by molar-refractivity contribution is 5.73.